The zero-order valence-electron chi connectivity index (χ0n) is 12.7. The van der Waals surface area contributed by atoms with Crippen LogP contribution in [0.4, 0.5) is 0 Å². The molecule has 0 atom stereocenters. The predicted octanol–water partition coefficient (Wildman–Crippen LogP) is 3.61. The Bertz CT molecular complexity index is 867. The number of carbonyl (C=O) groups excluding carboxylic acids is 1. The smallest absolute Gasteiger partial charge is 0.271 e. The normalized spacial score (nSPS) is 10.8. The molecule has 0 aliphatic carbocycles. The van der Waals surface area contributed by atoms with E-state index in [0.717, 1.165) is 22.1 Å². The minimum atomic E-state index is -0.235. The largest absolute Gasteiger partial charge is 0.497 e. The van der Waals surface area contributed by atoms with Gasteiger partial charge in [-0.1, -0.05) is 48.5 Å². The summed E-state index contributed by atoms with van der Waals surface area (Å²) in [7, 11) is 1.61. The van der Waals surface area contributed by atoms with Crippen LogP contribution >= 0.6 is 0 Å². The molecule has 1 N–H and O–H groups in total. The van der Waals surface area contributed by atoms with E-state index in [0.29, 0.717) is 5.56 Å². The number of carbonyl (C=O) groups is 1. The van der Waals surface area contributed by atoms with E-state index in [-0.39, 0.29) is 5.91 Å². The molecule has 0 unspecified atom stereocenters. The summed E-state index contributed by atoms with van der Waals surface area (Å²) in [6.07, 6.45) is 1.59. The number of rotatable bonds is 4. The van der Waals surface area contributed by atoms with E-state index in [4.69, 9.17) is 4.74 Å². The van der Waals surface area contributed by atoms with Gasteiger partial charge < -0.3 is 4.74 Å². The minimum absolute atomic E-state index is 0.235. The van der Waals surface area contributed by atoms with Gasteiger partial charge in [-0.3, -0.25) is 4.79 Å². The Morgan fingerprint density at radius 2 is 1.83 bits per heavy atom. The lowest BCUT2D eigenvalue weighted by molar-refractivity contribution is 0.0957. The van der Waals surface area contributed by atoms with Gasteiger partial charge in [0, 0.05) is 5.56 Å². The summed E-state index contributed by atoms with van der Waals surface area (Å²) in [6.45, 7) is 0. The first-order valence-electron chi connectivity index (χ1n) is 7.23. The Morgan fingerprint density at radius 3 is 2.70 bits per heavy atom. The van der Waals surface area contributed by atoms with E-state index in [9.17, 15) is 4.79 Å². The molecular formula is C19H16N2O2. The average Bonchev–Trinajstić information content (AvgIpc) is 2.61. The molecule has 0 aromatic heterocycles. The molecule has 114 valence electrons. The Balaban J connectivity index is 1.77. The van der Waals surface area contributed by atoms with Crippen LogP contribution in [0, 0.1) is 0 Å². The van der Waals surface area contributed by atoms with Crippen molar-refractivity contribution in [2.24, 2.45) is 5.10 Å². The number of benzene rings is 3. The van der Waals surface area contributed by atoms with E-state index >= 15 is 0 Å². The van der Waals surface area contributed by atoms with Gasteiger partial charge in [-0.25, -0.2) is 5.43 Å². The Kier molecular flexibility index (Phi) is 4.34. The zero-order valence-corrected chi connectivity index (χ0v) is 12.7. The molecule has 0 heterocycles. The molecule has 3 aromatic carbocycles. The monoisotopic (exact) mass is 304 g/mol. The lowest BCUT2D eigenvalue weighted by Gasteiger charge is -2.05. The fourth-order valence-corrected chi connectivity index (χ4v) is 2.37. The van der Waals surface area contributed by atoms with Crippen LogP contribution in [0.2, 0.25) is 0 Å². The summed E-state index contributed by atoms with van der Waals surface area (Å²) in [5, 5.41) is 5.95. The first-order chi connectivity index (χ1) is 11.3. The number of hydrazone groups is 1. The second-order valence-electron chi connectivity index (χ2n) is 5.00. The highest BCUT2D eigenvalue weighted by atomic mass is 16.5. The first-order valence-corrected chi connectivity index (χ1v) is 7.23. The van der Waals surface area contributed by atoms with Crippen molar-refractivity contribution in [3.05, 3.63) is 77.9 Å². The summed E-state index contributed by atoms with van der Waals surface area (Å²) in [6, 6.07) is 20.8. The van der Waals surface area contributed by atoms with Crippen LogP contribution < -0.4 is 10.2 Å². The average molecular weight is 304 g/mol. The second kappa shape index (κ2) is 6.75. The molecule has 0 spiro atoms. The number of hydrogen-bond acceptors (Lipinski definition) is 3. The molecular weight excluding hydrogens is 288 g/mol. The van der Waals surface area contributed by atoms with Crippen LogP contribution in [0.3, 0.4) is 0 Å². The van der Waals surface area contributed by atoms with Crippen LogP contribution in [-0.2, 0) is 0 Å². The van der Waals surface area contributed by atoms with Gasteiger partial charge in [0.1, 0.15) is 5.75 Å². The first kappa shape index (κ1) is 14.8. The van der Waals surface area contributed by atoms with Crippen molar-refractivity contribution in [3.8, 4) is 5.75 Å². The second-order valence-corrected chi connectivity index (χ2v) is 5.00. The molecule has 0 aliphatic heterocycles. The highest BCUT2D eigenvalue weighted by Gasteiger charge is 2.08. The van der Waals surface area contributed by atoms with Gasteiger partial charge in [0.15, 0.2) is 0 Å². The maximum atomic E-state index is 12.3. The standard InChI is InChI=1S/C19H16N2O2/c1-23-16-9-4-6-14(12-16)13-20-21-19(22)18-11-5-8-15-7-2-3-10-17(15)18/h2-13H,1H3,(H,21,22)/b20-13-. The molecule has 4 heteroatoms. The lowest BCUT2D eigenvalue weighted by atomic mass is 10.0. The summed E-state index contributed by atoms with van der Waals surface area (Å²) >= 11 is 0. The van der Waals surface area contributed by atoms with Crippen LogP contribution in [0.15, 0.2) is 71.8 Å². The Morgan fingerprint density at radius 1 is 1.04 bits per heavy atom. The number of fused-ring (bicyclic) bond motifs is 1. The molecule has 3 rings (SSSR count). The van der Waals surface area contributed by atoms with Crippen molar-refractivity contribution in [3.63, 3.8) is 0 Å². The topological polar surface area (TPSA) is 50.7 Å². The molecule has 4 nitrogen and oxygen atoms in total. The Hall–Kier alpha value is -3.14. The molecule has 0 bridgehead atoms. The third kappa shape index (κ3) is 3.37. The van der Waals surface area contributed by atoms with Gasteiger partial charge >= 0.3 is 0 Å². The van der Waals surface area contributed by atoms with E-state index in [1.54, 1.807) is 19.4 Å². The van der Waals surface area contributed by atoms with Crippen molar-refractivity contribution in [2.45, 2.75) is 0 Å². The van der Waals surface area contributed by atoms with Crippen molar-refractivity contribution >= 4 is 22.9 Å². The number of hydrogen-bond donors (Lipinski definition) is 1. The lowest BCUT2D eigenvalue weighted by Crippen LogP contribution is -2.17. The van der Waals surface area contributed by atoms with Crippen LogP contribution in [0.25, 0.3) is 10.8 Å². The van der Waals surface area contributed by atoms with E-state index in [2.05, 4.69) is 10.5 Å². The van der Waals surface area contributed by atoms with E-state index in [1.807, 2.05) is 60.7 Å². The summed E-state index contributed by atoms with van der Waals surface area (Å²) in [5.41, 5.74) is 4.02. The summed E-state index contributed by atoms with van der Waals surface area (Å²) in [5.74, 6) is 0.510. The maximum Gasteiger partial charge on any atom is 0.271 e. The predicted molar refractivity (Wildman–Crippen MR) is 92.0 cm³/mol. The number of methoxy groups -OCH3 is 1. The van der Waals surface area contributed by atoms with Crippen molar-refractivity contribution in [1.29, 1.82) is 0 Å². The molecule has 1 amide bonds. The minimum Gasteiger partial charge on any atom is -0.497 e. The van der Waals surface area contributed by atoms with Crippen LogP contribution in [-0.4, -0.2) is 19.2 Å². The van der Waals surface area contributed by atoms with Gasteiger partial charge in [0.25, 0.3) is 5.91 Å². The van der Waals surface area contributed by atoms with Gasteiger partial charge in [0.05, 0.1) is 13.3 Å². The Labute approximate surface area is 134 Å². The third-order valence-corrected chi connectivity index (χ3v) is 3.51. The molecule has 0 saturated heterocycles. The molecule has 3 aromatic rings. The number of nitrogens with zero attached hydrogens (tertiary/aromatic N) is 1. The number of nitrogens with one attached hydrogen (secondary N) is 1. The fraction of sp³-hybridized carbons (Fsp3) is 0.0526. The van der Waals surface area contributed by atoms with Gasteiger partial charge in [-0.05, 0) is 34.5 Å². The molecule has 0 saturated carbocycles. The van der Waals surface area contributed by atoms with E-state index in [1.165, 1.54) is 0 Å². The van der Waals surface area contributed by atoms with Crippen LogP contribution in [0.5, 0.6) is 5.75 Å². The van der Waals surface area contributed by atoms with Crippen molar-refractivity contribution < 1.29 is 9.53 Å². The van der Waals surface area contributed by atoms with Crippen LogP contribution in [0.1, 0.15) is 15.9 Å². The number of ether oxygens (including phenoxy) is 1. The zero-order chi connectivity index (χ0) is 16.1. The molecule has 0 aliphatic rings. The van der Waals surface area contributed by atoms with Crippen molar-refractivity contribution in [2.75, 3.05) is 7.11 Å². The van der Waals surface area contributed by atoms with Crippen molar-refractivity contribution in [1.82, 2.24) is 5.43 Å². The molecule has 0 radical (unpaired) electrons. The van der Waals surface area contributed by atoms with E-state index < -0.39 is 0 Å². The third-order valence-electron chi connectivity index (χ3n) is 3.51. The summed E-state index contributed by atoms with van der Waals surface area (Å²) < 4.78 is 5.15. The fourth-order valence-electron chi connectivity index (χ4n) is 2.37. The number of amides is 1. The maximum absolute atomic E-state index is 12.3. The molecule has 0 fully saturated rings. The quantitative estimate of drug-likeness (QED) is 0.591. The highest BCUT2D eigenvalue weighted by molar-refractivity contribution is 6.07. The highest BCUT2D eigenvalue weighted by Crippen LogP contribution is 2.18. The van der Waals surface area contributed by atoms with Gasteiger partial charge in [-0.2, -0.15) is 5.10 Å². The molecule has 23 heavy (non-hydrogen) atoms. The van der Waals surface area contributed by atoms with Gasteiger partial charge in [0.2, 0.25) is 0 Å². The van der Waals surface area contributed by atoms with Gasteiger partial charge in [-0.15, -0.1) is 0 Å². The summed E-state index contributed by atoms with van der Waals surface area (Å²) in [4.78, 5) is 12.3. The SMILES string of the molecule is COc1cccc(/C=N\NC(=O)c2cccc3ccccc23)c1.